The summed E-state index contributed by atoms with van der Waals surface area (Å²) in [6.07, 6.45) is 0.733. The molecule has 0 spiro atoms. The lowest BCUT2D eigenvalue weighted by Crippen LogP contribution is -2.07. The first kappa shape index (κ1) is 13.8. The summed E-state index contributed by atoms with van der Waals surface area (Å²) < 4.78 is 18.6. The van der Waals surface area contributed by atoms with Crippen LogP contribution in [0.15, 0.2) is 18.2 Å². The highest BCUT2D eigenvalue weighted by atomic mass is 16.7. The normalized spacial score (nSPS) is 12.7. The third kappa shape index (κ3) is 2.80. The molecular weight excluding hydrogens is 270 g/mol. The first-order valence-corrected chi connectivity index (χ1v) is 6.92. The molecule has 112 valence electrons. The number of nitrogens with two attached hydrogens (primary N) is 1. The summed E-state index contributed by atoms with van der Waals surface area (Å²) in [6, 6.07) is 5.82. The lowest BCUT2D eigenvalue weighted by Gasteiger charge is -2.12. The van der Waals surface area contributed by atoms with E-state index in [1.807, 2.05) is 36.9 Å². The molecule has 1 aromatic carbocycles. The van der Waals surface area contributed by atoms with Crippen LogP contribution in [0.4, 0.5) is 0 Å². The smallest absolute Gasteiger partial charge is 0.231 e. The second kappa shape index (κ2) is 5.65. The number of fused-ring (bicyclic) bond motifs is 1. The molecule has 3 rings (SSSR count). The van der Waals surface area contributed by atoms with Crippen LogP contribution >= 0.6 is 0 Å². The first-order valence-electron chi connectivity index (χ1n) is 6.92. The summed E-state index contributed by atoms with van der Waals surface area (Å²) in [7, 11) is 1.91. The molecule has 1 aliphatic heterocycles. The van der Waals surface area contributed by atoms with Gasteiger partial charge in [-0.15, -0.1) is 0 Å². The van der Waals surface area contributed by atoms with Gasteiger partial charge in [-0.2, -0.15) is 5.10 Å². The van der Waals surface area contributed by atoms with Gasteiger partial charge in [-0.3, -0.25) is 4.68 Å². The van der Waals surface area contributed by atoms with E-state index >= 15 is 0 Å². The lowest BCUT2D eigenvalue weighted by atomic mass is 10.1. The Bertz CT molecular complexity index is 652. The Labute approximate surface area is 123 Å². The van der Waals surface area contributed by atoms with Gasteiger partial charge in [0.1, 0.15) is 12.4 Å². The Morgan fingerprint density at radius 1 is 1.29 bits per heavy atom. The zero-order valence-corrected chi connectivity index (χ0v) is 12.3. The largest absolute Gasteiger partial charge is 0.487 e. The van der Waals surface area contributed by atoms with Crippen LogP contribution in [-0.2, 0) is 20.1 Å². The summed E-state index contributed by atoms with van der Waals surface area (Å²) in [5.74, 6) is 2.25. The maximum absolute atomic E-state index is 5.94. The number of aryl methyl sites for hydroxylation is 2. The number of hydrogen-bond donors (Lipinski definition) is 1. The maximum atomic E-state index is 5.94. The fraction of sp³-hybridized carbons (Fsp3) is 0.400. The zero-order chi connectivity index (χ0) is 14.8. The number of aromatic nitrogens is 2. The number of nitrogens with zero attached hydrogens (tertiary/aromatic N) is 2. The lowest BCUT2D eigenvalue weighted by molar-refractivity contribution is 0.173. The minimum absolute atomic E-state index is 0.252. The molecule has 0 fully saturated rings. The Morgan fingerprint density at radius 3 is 2.71 bits per heavy atom. The summed E-state index contributed by atoms with van der Waals surface area (Å²) in [4.78, 5) is 0. The van der Waals surface area contributed by atoms with E-state index in [-0.39, 0.29) is 6.79 Å². The maximum Gasteiger partial charge on any atom is 0.231 e. The molecule has 2 heterocycles. The molecule has 2 aromatic rings. The van der Waals surface area contributed by atoms with Gasteiger partial charge >= 0.3 is 0 Å². The van der Waals surface area contributed by atoms with Gasteiger partial charge in [0, 0.05) is 13.1 Å². The molecule has 0 atom stereocenters. The summed E-state index contributed by atoms with van der Waals surface area (Å²) in [5.41, 5.74) is 8.69. The minimum atomic E-state index is 0.252. The average molecular weight is 289 g/mol. The molecule has 2 N–H and O–H groups in total. The number of rotatable bonds is 5. The van der Waals surface area contributed by atoms with Crippen molar-refractivity contribution in [1.82, 2.24) is 9.78 Å². The Kier molecular flexibility index (Phi) is 3.70. The van der Waals surface area contributed by atoms with Crippen LogP contribution in [0.2, 0.25) is 0 Å². The van der Waals surface area contributed by atoms with Gasteiger partial charge in [-0.25, -0.2) is 0 Å². The summed E-state index contributed by atoms with van der Waals surface area (Å²) in [6.45, 7) is 3.22. The summed E-state index contributed by atoms with van der Waals surface area (Å²) in [5, 5.41) is 4.31. The number of ether oxygens (including phenoxy) is 3. The van der Waals surface area contributed by atoms with Gasteiger partial charge in [0.15, 0.2) is 11.5 Å². The van der Waals surface area contributed by atoms with Crippen LogP contribution in [0.25, 0.3) is 0 Å². The van der Waals surface area contributed by atoms with Crippen molar-refractivity contribution in [1.29, 1.82) is 0 Å². The Morgan fingerprint density at radius 2 is 2.05 bits per heavy atom. The molecule has 1 aliphatic rings. The predicted molar refractivity (Wildman–Crippen MR) is 77.6 cm³/mol. The van der Waals surface area contributed by atoms with Gasteiger partial charge in [0.25, 0.3) is 0 Å². The van der Waals surface area contributed by atoms with Gasteiger partial charge < -0.3 is 19.9 Å². The third-order valence-electron chi connectivity index (χ3n) is 3.44. The Balaban J connectivity index is 1.82. The molecular formula is C15H19N3O3. The van der Waals surface area contributed by atoms with Crippen LogP contribution in [-0.4, -0.2) is 23.1 Å². The topological polar surface area (TPSA) is 71.5 Å². The van der Waals surface area contributed by atoms with Crippen molar-refractivity contribution < 1.29 is 14.2 Å². The van der Waals surface area contributed by atoms with E-state index in [2.05, 4.69) is 5.10 Å². The molecule has 0 aliphatic carbocycles. The molecule has 0 radical (unpaired) electrons. The van der Waals surface area contributed by atoms with Crippen molar-refractivity contribution >= 4 is 0 Å². The highest BCUT2D eigenvalue weighted by Crippen LogP contribution is 2.38. The van der Waals surface area contributed by atoms with Gasteiger partial charge in [-0.1, -0.05) is 0 Å². The van der Waals surface area contributed by atoms with E-state index < -0.39 is 0 Å². The van der Waals surface area contributed by atoms with Crippen LogP contribution in [0.3, 0.4) is 0 Å². The number of benzene rings is 1. The van der Waals surface area contributed by atoms with Gasteiger partial charge in [0.05, 0.1) is 11.4 Å². The van der Waals surface area contributed by atoms with Crippen molar-refractivity contribution in [2.24, 2.45) is 12.8 Å². The molecule has 0 bridgehead atoms. The number of hydrogen-bond acceptors (Lipinski definition) is 5. The van der Waals surface area contributed by atoms with E-state index in [9.17, 15) is 0 Å². The second-order valence-electron chi connectivity index (χ2n) is 5.04. The fourth-order valence-electron chi connectivity index (χ4n) is 2.40. The van der Waals surface area contributed by atoms with Gasteiger partial charge in [-0.05, 0) is 37.6 Å². The van der Waals surface area contributed by atoms with Crippen LogP contribution in [0, 0.1) is 6.92 Å². The molecule has 0 saturated heterocycles. The van der Waals surface area contributed by atoms with E-state index in [1.165, 1.54) is 0 Å². The molecule has 1 aromatic heterocycles. The molecule has 6 nitrogen and oxygen atoms in total. The third-order valence-corrected chi connectivity index (χ3v) is 3.44. The van der Waals surface area contributed by atoms with Crippen LogP contribution in [0.5, 0.6) is 17.2 Å². The zero-order valence-electron chi connectivity index (χ0n) is 12.3. The highest BCUT2D eigenvalue weighted by Gasteiger charge is 2.18. The highest BCUT2D eigenvalue weighted by molar-refractivity contribution is 5.52. The van der Waals surface area contributed by atoms with Crippen molar-refractivity contribution in [3.8, 4) is 17.2 Å². The minimum Gasteiger partial charge on any atom is -0.487 e. The van der Waals surface area contributed by atoms with E-state index in [1.54, 1.807) is 0 Å². The quantitative estimate of drug-likeness (QED) is 0.904. The van der Waals surface area contributed by atoms with Crippen molar-refractivity contribution in [2.45, 2.75) is 20.0 Å². The second-order valence-corrected chi connectivity index (χ2v) is 5.04. The molecule has 0 unspecified atom stereocenters. The molecule has 6 heteroatoms. The average Bonchev–Trinajstić information content (AvgIpc) is 3.02. The molecule has 0 saturated carbocycles. The standard InChI is InChI=1S/C15H19N3O3/c1-10-5-12(18(2)17-10)8-19-13-7-15-14(20-9-21-15)6-11(13)3-4-16/h5-7H,3-4,8-9,16H2,1-2H3. The summed E-state index contributed by atoms with van der Waals surface area (Å²) >= 11 is 0. The van der Waals surface area contributed by atoms with E-state index in [4.69, 9.17) is 19.9 Å². The SMILES string of the molecule is Cc1cc(COc2cc3c(cc2CCN)OCO3)n(C)n1. The van der Waals surface area contributed by atoms with Crippen molar-refractivity contribution in [3.05, 3.63) is 35.2 Å². The Hall–Kier alpha value is -2.21. The monoisotopic (exact) mass is 289 g/mol. The van der Waals surface area contributed by atoms with E-state index in [0.717, 1.165) is 34.9 Å². The van der Waals surface area contributed by atoms with Crippen molar-refractivity contribution in [3.63, 3.8) is 0 Å². The van der Waals surface area contributed by atoms with E-state index in [0.29, 0.717) is 18.9 Å². The van der Waals surface area contributed by atoms with Crippen molar-refractivity contribution in [2.75, 3.05) is 13.3 Å². The fourth-order valence-corrected chi connectivity index (χ4v) is 2.40. The molecule has 0 amide bonds. The first-order chi connectivity index (χ1) is 10.2. The predicted octanol–water partition coefficient (Wildman–Crippen LogP) is 1.54. The van der Waals surface area contributed by atoms with Crippen LogP contribution in [0.1, 0.15) is 17.0 Å². The van der Waals surface area contributed by atoms with Gasteiger partial charge in [0.2, 0.25) is 6.79 Å². The van der Waals surface area contributed by atoms with Crippen LogP contribution < -0.4 is 19.9 Å². The molecule has 21 heavy (non-hydrogen) atoms.